The molecule has 6 nitrogen and oxygen atoms in total. The van der Waals surface area contributed by atoms with Gasteiger partial charge in [-0.2, -0.15) is 0 Å². The highest BCUT2D eigenvalue weighted by Gasteiger charge is 2.36. The molecule has 1 aliphatic carbocycles. The van der Waals surface area contributed by atoms with E-state index in [0.29, 0.717) is 5.56 Å². The van der Waals surface area contributed by atoms with Crippen LogP contribution in [0.2, 0.25) is 0 Å². The van der Waals surface area contributed by atoms with Crippen LogP contribution < -0.4 is 10.5 Å². The Kier molecular flexibility index (Phi) is 6.37. The molecule has 0 heterocycles. The molecule has 1 saturated carbocycles. The fraction of sp³-hybridized carbons (Fsp3) is 0.500. The zero-order valence-corrected chi connectivity index (χ0v) is 14.0. The summed E-state index contributed by atoms with van der Waals surface area (Å²) in [6.45, 7) is 0.284. The van der Waals surface area contributed by atoms with Crippen molar-refractivity contribution in [1.29, 1.82) is 0 Å². The van der Waals surface area contributed by atoms with Crippen molar-refractivity contribution < 1.29 is 17.9 Å². The summed E-state index contributed by atoms with van der Waals surface area (Å²) in [7, 11) is -2.37. The largest absolute Gasteiger partial charge is 0.465 e. The molecule has 0 amide bonds. The van der Waals surface area contributed by atoms with Gasteiger partial charge in [0.25, 0.3) is 0 Å². The van der Waals surface area contributed by atoms with Crippen LogP contribution in [-0.2, 0) is 14.8 Å². The lowest BCUT2D eigenvalue weighted by Crippen LogP contribution is -2.51. The highest BCUT2D eigenvalue weighted by Crippen LogP contribution is 2.30. The second kappa shape index (κ2) is 7.41. The molecular formula is C14H21ClN2O4S. The number of nitrogens with two attached hydrogens (primary N) is 1. The first-order chi connectivity index (χ1) is 9.92. The molecular weight excluding hydrogens is 328 g/mol. The van der Waals surface area contributed by atoms with Crippen LogP contribution in [0.4, 0.5) is 0 Å². The predicted molar refractivity (Wildman–Crippen MR) is 85.6 cm³/mol. The summed E-state index contributed by atoms with van der Waals surface area (Å²) < 4.78 is 32.2. The summed E-state index contributed by atoms with van der Waals surface area (Å²) >= 11 is 0. The minimum atomic E-state index is -3.65. The fourth-order valence-electron chi connectivity index (χ4n) is 2.63. The van der Waals surface area contributed by atoms with Gasteiger partial charge in [-0.15, -0.1) is 12.4 Å². The molecule has 0 aromatic heterocycles. The average molecular weight is 349 g/mol. The Morgan fingerprint density at radius 3 is 2.27 bits per heavy atom. The lowest BCUT2D eigenvalue weighted by Gasteiger charge is -2.28. The highest BCUT2D eigenvalue weighted by atomic mass is 35.5. The molecule has 3 N–H and O–H groups in total. The number of rotatable bonds is 5. The Hall–Kier alpha value is -1.15. The van der Waals surface area contributed by atoms with E-state index in [1.807, 2.05) is 0 Å². The quantitative estimate of drug-likeness (QED) is 0.784. The normalized spacial score (nSPS) is 16.8. The number of esters is 1. The second-order valence-electron chi connectivity index (χ2n) is 5.31. The van der Waals surface area contributed by atoms with E-state index in [0.717, 1.165) is 25.7 Å². The van der Waals surface area contributed by atoms with E-state index in [2.05, 4.69) is 9.46 Å². The molecule has 1 aromatic carbocycles. The van der Waals surface area contributed by atoms with E-state index < -0.39 is 21.5 Å². The first-order valence-electron chi connectivity index (χ1n) is 6.85. The smallest absolute Gasteiger partial charge is 0.337 e. The van der Waals surface area contributed by atoms with Gasteiger partial charge in [0, 0.05) is 12.1 Å². The Balaban J connectivity index is 0.00000242. The Morgan fingerprint density at radius 2 is 1.82 bits per heavy atom. The number of halogens is 1. The summed E-state index contributed by atoms with van der Waals surface area (Å²) in [5.41, 5.74) is 5.52. The van der Waals surface area contributed by atoms with Crippen LogP contribution in [0.1, 0.15) is 36.0 Å². The summed E-state index contributed by atoms with van der Waals surface area (Å²) in [6, 6.07) is 5.66. The number of methoxy groups -OCH3 is 1. The number of hydrogen-bond acceptors (Lipinski definition) is 5. The van der Waals surface area contributed by atoms with E-state index in [9.17, 15) is 13.2 Å². The topological polar surface area (TPSA) is 98.5 Å². The SMILES string of the molecule is COC(=O)c1ccc(S(=O)(=O)NC2(CN)CCCC2)cc1.Cl. The number of benzene rings is 1. The van der Waals surface area contributed by atoms with Gasteiger partial charge in [-0.1, -0.05) is 12.8 Å². The fourth-order valence-corrected chi connectivity index (χ4v) is 4.10. The molecule has 0 unspecified atom stereocenters. The Labute approximate surface area is 136 Å². The second-order valence-corrected chi connectivity index (χ2v) is 7.00. The first kappa shape index (κ1) is 18.9. The van der Waals surface area contributed by atoms with Crippen molar-refractivity contribution in [2.75, 3.05) is 13.7 Å². The molecule has 1 aromatic rings. The number of nitrogens with one attached hydrogen (secondary N) is 1. The van der Waals surface area contributed by atoms with Crippen molar-refractivity contribution in [1.82, 2.24) is 4.72 Å². The minimum Gasteiger partial charge on any atom is -0.465 e. The molecule has 0 spiro atoms. The number of carbonyl (C=O) groups is 1. The van der Waals surface area contributed by atoms with Crippen molar-refractivity contribution in [3.8, 4) is 0 Å². The highest BCUT2D eigenvalue weighted by molar-refractivity contribution is 7.89. The van der Waals surface area contributed by atoms with Crippen LogP contribution >= 0.6 is 12.4 Å². The summed E-state index contributed by atoms with van der Waals surface area (Å²) in [5, 5.41) is 0. The maximum Gasteiger partial charge on any atom is 0.337 e. The summed E-state index contributed by atoms with van der Waals surface area (Å²) in [4.78, 5) is 11.5. The van der Waals surface area contributed by atoms with E-state index in [4.69, 9.17) is 5.73 Å². The van der Waals surface area contributed by atoms with Crippen LogP contribution in [0.25, 0.3) is 0 Å². The van der Waals surface area contributed by atoms with Crippen molar-refractivity contribution in [3.63, 3.8) is 0 Å². The number of sulfonamides is 1. The third-order valence-corrected chi connectivity index (χ3v) is 5.48. The molecule has 2 rings (SSSR count). The standard InChI is InChI=1S/C14H20N2O4S.ClH/c1-20-13(17)11-4-6-12(7-5-11)21(18,19)16-14(10-15)8-2-3-9-14;/h4-7,16H,2-3,8-10,15H2,1H3;1H. The Bertz CT molecular complexity index is 610. The molecule has 22 heavy (non-hydrogen) atoms. The van der Waals surface area contributed by atoms with Crippen molar-refractivity contribution in [2.45, 2.75) is 36.1 Å². The van der Waals surface area contributed by atoms with Gasteiger partial charge < -0.3 is 10.5 Å². The predicted octanol–water partition coefficient (Wildman–Crippen LogP) is 1.44. The third-order valence-electron chi connectivity index (χ3n) is 3.89. The van der Waals surface area contributed by atoms with Crippen LogP contribution in [-0.4, -0.2) is 33.6 Å². The molecule has 0 atom stereocenters. The van der Waals surface area contributed by atoms with Crippen molar-refractivity contribution in [3.05, 3.63) is 29.8 Å². The maximum absolute atomic E-state index is 12.4. The van der Waals surface area contributed by atoms with Crippen LogP contribution in [0.5, 0.6) is 0 Å². The van der Waals surface area contributed by atoms with Crippen LogP contribution in [0.15, 0.2) is 29.2 Å². The molecule has 1 fully saturated rings. The van der Waals surface area contributed by atoms with Gasteiger partial charge in [-0.3, -0.25) is 0 Å². The van der Waals surface area contributed by atoms with E-state index in [1.54, 1.807) is 0 Å². The van der Waals surface area contributed by atoms with Gasteiger partial charge in [-0.25, -0.2) is 17.9 Å². The average Bonchev–Trinajstić information content (AvgIpc) is 2.95. The van der Waals surface area contributed by atoms with E-state index in [-0.39, 0.29) is 23.8 Å². The molecule has 1 aliphatic rings. The lowest BCUT2D eigenvalue weighted by atomic mass is 10.0. The molecule has 0 saturated heterocycles. The lowest BCUT2D eigenvalue weighted by molar-refractivity contribution is 0.0600. The number of carbonyl (C=O) groups excluding carboxylic acids is 1. The maximum atomic E-state index is 12.4. The summed E-state index contributed by atoms with van der Waals surface area (Å²) in [5.74, 6) is -0.499. The Morgan fingerprint density at radius 1 is 1.27 bits per heavy atom. The van der Waals surface area contributed by atoms with Gasteiger partial charge in [0.15, 0.2) is 0 Å². The van der Waals surface area contributed by atoms with Crippen molar-refractivity contribution >= 4 is 28.4 Å². The van der Waals surface area contributed by atoms with Gasteiger partial charge in [0.05, 0.1) is 17.6 Å². The molecule has 0 radical (unpaired) electrons. The van der Waals surface area contributed by atoms with Crippen LogP contribution in [0.3, 0.4) is 0 Å². The van der Waals surface area contributed by atoms with Gasteiger partial charge >= 0.3 is 5.97 Å². The zero-order chi connectivity index (χ0) is 15.5. The van der Waals surface area contributed by atoms with Crippen molar-refractivity contribution in [2.24, 2.45) is 5.73 Å². The molecule has 124 valence electrons. The van der Waals surface area contributed by atoms with Gasteiger partial charge in [0.1, 0.15) is 0 Å². The van der Waals surface area contributed by atoms with Crippen LogP contribution in [0, 0.1) is 0 Å². The third kappa shape index (κ3) is 3.98. The van der Waals surface area contributed by atoms with Gasteiger partial charge in [0.2, 0.25) is 10.0 Å². The number of hydrogen-bond donors (Lipinski definition) is 2. The molecule has 0 bridgehead atoms. The first-order valence-corrected chi connectivity index (χ1v) is 8.33. The number of ether oxygens (including phenoxy) is 1. The molecule has 0 aliphatic heterocycles. The van der Waals surface area contributed by atoms with E-state index in [1.165, 1.54) is 31.4 Å². The van der Waals surface area contributed by atoms with E-state index >= 15 is 0 Å². The van der Waals surface area contributed by atoms with Gasteiger partial charge in [-0.05, 0) is 37.1 Å². The summed E-state index contributed by atoms with van der Waals surface area (Å²) in [6.07, 6.45) is 3.45. The zero-order valence-electron chi connectivity index (χ0n) is 12.4. The minimum absolute atomic E-state index is 0. The molecule has 8 heteroatoms. The monoisotopic (exact) mass is 348 g/mol.